The summed E-state index contributed by atoms with van der Waals surface area (Å²) in [7, 11) is 2.00. The molecule has 0 radical (unpaired) electrons. The van der Waals surface area contributed by atoms with Gasteiger partial charge in [0, 0.05) is 32.1 Å². The molecule has 3 aliphatic rings. The number of ether oxygens (including phenoxy) is 1. The van der Waals surface area contributed by atoms with Crippen LogP contribution in [0.4, 0.5) is 0 Å². The van der Waals surface area contributed by atoms with Crippen molar-refractivity contribution in [1.29, 1.82) is 0 Å². The van der Waals surface area contributed by atoms with Gasteiger partial charge in [0.25, 0.3) is 0 Å². The van der Waals surface area contributed by atoms with E-state index in [0.29, 0.717) is 24.4 Å². The molecule has 1 spiro atoms. The molecular weight excluding hydrogens is 316 g/mol. The van der Waals surface area contributed by atoms with Gasteiger partial charge in [-0.2, -0.15) is 0 Å². The molecular formula is C19H30N4O2. The fourth-order valence-corrected chi connectivity index (χ4v) is 4.58. The molecule has 1 aromatic heterocycles. The first-order chi connectivity index (χ1) is 12.2. The summed E-state index contributed by atoms with van der Waals surface area (Å²) in [5.41, 5.74) is 0.347. The number of aryl methyl sites for hydroxylation is 1. The van der Waals surface area contributed by atoms with E-state index >= 15 is 0 Å². The van der Waals surface area contributed by atoms with Gasteiger partial charge in [0.15, 0.2) is 0 Å². The van der Waals surface area contributed by atoms with Crippen LogP contribution >= 0.6 is 0 Å². The highest BCUT2D eigenvalue weighted by Gasteiger charge is 2.57. The second kappa shape index (κ2) is 7.08. The number of nitrogens with zero attached hydrogens (tertiary/aromatic N) is 3. The van der Waals surface area contributed by atoms with E-state index in [0.717, 1.165) is 44.8 Å². The molecule has 3 fully saturated rings. The van der Waals surface area contributed by atoms with Crippen LogP contribution in [0.5, 0.6) is 0 Å². The van der Waals surface area contributed by atoms with Crippen LogP contribution in [0.15, 0.2) is 12.4 Å². The van der Waals surface area contributed by atoms with Crippen molar-refractivity contribution in [2.75, 3.05) is 19.7 Å². The third-order valence-corrected chi connectivity index (χ3v) is 6.35. The number of hydrogen-bond acceptors (Lipinski definition) is 4. The summed E-state index contributed by atoms with van der Waals surface area (Å²) in [6.45, 7) is 3.57. The summed E-state index contributed by atoms with van der Waals surface area (Å²) >= 11 is 0. The maximum absolute atomic E-state index is 13.1. The Morgan fingerprint density at radius 2 is 2.28 bits per heavy atom. The van der Waals surface area contributed by atoms with Gasteiger partial charge >= 0.3 is 0 Å². The van der Waals surface area contributed by atoms with Crippen molar-refractivity contribution < 1.29 is 9.53 Å². The molecule has 2 saturated heterocycles. The number of hydrogen-bond donors (Lipinski definition) is 1. The van der Waals surface area contributed by atoms with Crippen molar-refractivity contribution in [3.63, 3.8) is 0 Å². The summed E-state index contributed by atoms with van der Waals surface area (Å²) in [6.07, 6.45) is 11.2. The maximum Gasteiger partial charge on any atom is 0.225 e. The third kappa shape index (κ3) is 3.60. The van der Waals surface area contributed by atoms with Crippen LogP contribution < -0.4 is 5.32 Å². The van der Waals surface area contributed by atoms with Gasteiger partial charge in [-0.3, -0.25) is 4.79 Å². The number of rotatable bonds is 5. The van der Waals surface area contributed by atoms with Gasteiger partial charge in [-0.05, 0) is 57.0 Å². The second-order valence-electron chi connectivity index (χ2n) is 8.00. The van der Waals surface area contributed by atoms with E-state index in [4.69, 9.17) is 4.74 Å². The van der Waals surface area contributed by atoms with E-state index in [9.17, 15) is 4.79 Å². The lowest BCUT2D eigenvalue weighted by atomic mass is 9.93. The number of amides is 1. The minimum atomic E-state index is 0.104. The normalized spacial score (nSPS) is 28.0. The topological polar surface area (TPSA) is 59.4 Å². The highest BCUT2D eigenvalue weighted by molar-refractivity contribution is 5.77. The van der Waals surface area contributed by atoms with Crippen molar-refractivity contribution in [3.8, 4) is 0 Å². The van der Waals surface area contributed by atoms with Gasteiger partial charge in [0.1, 0.15) is 5.82 Å². The molecule has 2 atom stereocenters. The van der Waals surface area contributed by atoms with Gasteiger partial charge in [-0.25, -0.2) is 4.98 Å². The number of carbonyl (C=O) groups excluding carboxylic acids is 1. The Morgan fingerprint density at radius 3 is 2.96 bits per heavy atom. The molecule has 2 unspecified atom stereocenters. The predicted molar refractivity (Wildman–Crippen MR) is 94.9 cm³/mol. The SMILES string of the molecule is Cn1ccnc1CN(C(=O)CC1CCCCO1)C1CC12CCNCC2. The summed E-state index contributed by atoms with van der Waals surface area (Å²) in [6, 6.07) is 0.377. The summed E-state index contributed by atoms with van der Waals surface area (Å²) in [5, 5.41) is 3.45. The van der Waals surface area contributed by atoms with E-state index in [1.54, 1.807) is 0 Å². The number of nitrogens with one attached hydrogen (secondary N) is 1. The average Bonchev–Trinajstić information content (AvgIpc) is 3.14. The monoisotopic (exact) mass is 346 g/mol. The molecule has 0 bridgehead atoms. The van der Waals surface area contributed by atoms with Crippen LogP contribution in [-0.2, 0) is 23.1 Å². The van der Waals surface area contributed by atoms with Crippen molar-refractivity contribution >= 4 is 5.91 Å². The molecule has 0 aromatic carbocycles. The molecule has 1 N–H and O–H groups in total. The number of imidazole rings is 1. The Labute approximate surface area is 149 Å². The molecule has 4 rings (SSSR count). The van der Waals surface area contributed by atoms with E-state index in [2.05, 4.69) is 15.2 Å². The van der Waals surface area contributed by atoms with Gasteiger partial charge in [0.05, 0.1) is 19.1 Å². The van der Waals surface area contributed by atoms with Gasteiger partial charge in [-0.15, -0.1) is 0 Å². The summed E-state index contributed by atoms with van der Waals surface area (Å²) < 4.78 is 7.84. The number of aromatic nitrogens is 2. The number of piperidine rings is 1. The first-order valence-electron chi connectivity index (χ1n) is 9.76. The molecule has 6 heteroatoms. The Kier molecular flexibility index (Phi) is 4.82. The highest BCUT2D eigenvalue weighted by Crippen LogP contribution is 2.56. The first-order valence-corrected chi connectivity index (χ1v) is 9.76. The molecule has 138 valence electrons. The molecule has 1 saturated carbocycles. The lowest BCUT2D eigenvalue weighted by molar-refractivity contribution is -0.137. The zero-order valence-corrected chi connectivity index (χ0v) is 15.2. The van der Waals surface area contributed by atoms with Gasteiger partial charge in [-0.1, -0.05) is 0 Å². The van der Waals surface area contributed by atoms with Crippen LogP contribution in [0.3, 0.4) is 0 Å². The van der Waals surface area contributed by atoms with Gasteiger partial charge < -0.3 is 19.5 Å². The Hall–Kier alpha value is -1.40. The zero-order chi connectivity index (χ0) is 17.3. The zero-order valence-electron chi connectivity index (χ0n) is 15.2. The molecule has 1 amide bonds. The van der Waals surface area contributed by atoms with Crippen molar-refractivity contribution in [2.24, 2.45) is 12.5 Å². The number of carbonyl (C=O) groups is 1. The maximum atomic E-state index is 13.1. The molecule has 2 aliphatic heterocycles. The molecule has 1 aliphatic carbocycles. The van der Waals surface area contributed by atoms with E-state index in [1.165, 1.54) is 19.3 Å². The fraction of sp³-hybridized carbons (Fsp3) is 0.789. The largest absolute Gasteiger partial charge is 0.378 e. The summed E-state index contributed by atoms with van der Waals surface area (Å²) in [4.78, 5) is 19.7. The molecule has 1 aromatic rings. The van der Waals surface area contributed by atoms with Crippen LogP contribution in [0.2, 0.25) is 0 Å². The average molecular weight is 346 g/mol. The van der Waals surface area contributed by atoms with Crippen LogP contribution in [0, 0.1) is 5.41 Å². The van der Waals surface area contributed by atoms with Crippen LogP contribution in [-0.4, -0.2) is 52.2 Å². The lowest BCUT2D eigenvalue weighted by Crippen LogP contribution is -2.41. The first kappa shape index (κ1) is 17.0. The minimum Gasteiger partial charge on any atom is -0.378 e. The van der Waals surface area contributed by atoms with Gasteiger partial charge in [0.2, 0.25) is 5.91 Å². The molecule has 3 heterocycles. The Morgan fingerprint density at radius 1 is 1.44 bits per heavy atom. The smallest absolute Gasteiger partial charge is 0.225 e. The standard InChI is InChI=1S/C19H30N4O2/c1-22-10-9-21-17(22)14-23(16-13-19(16)5-7-20-8-6-19)18(24)12-15-4-2-3-11-25-15/h9-10,15-16,20H,2-8,11-14H2,1H3. The summed E-state index contributed by atoms with van der Waals surface area (Å²) in [5.74, 6) is 1.21. The molecule has 6 nitrogen and oxygen atoms in total. The highest BCUT2D eigenvalue weighted by atomic mass is 16.5. The lowest BCUT2D eigenvalue weighted by Gasteiger charge is -2.31. The second-order valence-corrected chi connectivity index (χ2v) is 8.00. The van der Waals surface area contributed by atoms with Crippen LogP contribution in [0.1, 0.15) is 50.8 Å². The van der Waals surface area contributed by atoms with Crippen molar-refractivity contribution in [1.82, 2.24) is 19.8 Å². The predicted octanol–water partition coefficient (Wildman–Crippen LogP) is 1.85. The minimum absolute atomic E-state index is 0.104. The molecule has 25 heavy (non-hydrogen) atoms. The van der Waals surface area contributed by atoms with Crippen molar-refractivity contribution in [2.45, 2.75) is 63.6 Å². The van der Waals surface area contributed by atoms with E-state index in [-0.39, 0.29) is 12.0 Å². The van der Waals surface area contributed by atoms with Crippen LogP contribution in [0.25, 0.3) is 0 Å². The fourth-order valence-electron chi connectivity index (χ4n) is 4.58. The van der Waals surface area contributed by atoms with E-state index < -0.39 is 0 Å². The van der Waals surface area contributed by atoms with Crippen molar-refractivity contribution in [3.05, 3.63) is 18.2 Å². The Balaban J connectivity index is 1.47. The van der Waals surface area contributed by atoms with E-state index in [1.807, 2.05) is 24.0 Å². The quantitative estimate of drug-likeness (QED) is 0.884. The third-order valence-electron chi connectivity index (χ3n) is 6.35. The Bertz CT molecular complexity index is 602.